The van der Waals surface area contributed by atoms with Crippen molar-refractivity contribution in [3.63, 3.8) is 0 Å². The minimum absolute atomic E-state index is 0.0313. The maximum absolute atomic E-state index is 12.5. The third-order valence-corrected chi connectivity index (χ3v) is 4.75. The highest BCUT2D eigenvalue weighted by Gasteiger charge is 2.24. The van der Waals surface area contributed by atoms with Gasteiger partial charge >= 0.3 is 0 Å². The van der Waals surface area contributed by atoms with Crippen LogP contribution in [0.5, 0.6) is 0 Å². The van der Waals surface area contributed by atoms with E-state index in [-0.39, 0.29) is 22.4 Å². The first-order valence-corrected chi connectivity index (χ1v) is 7.81. The predicted molar refractivity (Wildman–Crippen MR) is 79.1 cm³/mol. The van der Waals surface area contributed by atoms with E-state index >= 15 is 0 Å². The summed E-state index contributed by atoms with van der Waals surface area (Å²) in [6.07, 6.45) is 3.71. The quantitative estimate of drug-likeness (QED) is 0.609. The minimum Gasteiger partial charge on any atom is -0.269 e. The molecule has 0 fully saturated rings. The lowest BCUT2D eigenvalue weighted by molar-refractivity contribution is -0.385. The fraction of sp³-hybridized carbons (Fsp3) is 0.333. The molecule has 0 radical (unpaired) electrons. The molecule has 0 saturated heterocycles. The van der Waals surface area contributed by atoms with E-state index < -0.39 is 14.9 Å². The lowest BCUT2D eigenvalue weighted by atomic mass is 10.4. The molecule has 0 aromatic carbocycles. The van der Waals surface area contributed by atoms with Gasteiger partial charge in [-0.2, -0.15) is 5.10 Å². The Bertz CT molecular complexity index is 782. The standard InChI is InChI=1S/C12H15N5O4S/c1-9(2)16-8-11(7-14-16)22(20,21)15(3)12-5-4-10(6-13-12)17(18)19/h4-9H,1-3H3. The van der Waals surface area contributed by atoms with Gasteiger partial charge in [-0.1, -0.05) is 0 Å². The molecule has 118 valence electrons. The highest BCUT2D eigenvalue weighted by atomic mass is 32.2. The second kappa shape index (κ2) is 5.72. The zero-order valence-electron chi connectivity index (χ0n) is 12.2. The number of hydrogen-bond donors (Lipinski definition) is 0. The Kier molecular flexibility index (Phi) is 4.13. The molecule has 0 amide bonds. The van der Waals surface area contributed by atoms with Gasteiger partial charge in [0.2, 0.25) is 0 Å². The maximum Gasteiger partial charge on any atom is 0.287 e. The number of anilines is 1. The predicted octanol–water partition coefficient (Wildman–Crippen LogP) is 1.59. The van der Waals surface area contributed by atoms with Gasteiger partial charge in [-0.15, -0.1) is 0 Å². The summed E-state index contributed by atoms with van der Waals surface area (Å²) in [6.45, 7) is 3.76. The maximum atomic E-state index is 12.5. The molecule has 22 heavy (non-hydrogen) atoms. The zero-order valence-corrected chi connectivity index (χ0v) is 13.1. The molecule has 2 aromatic rings. The summed E-state index contributed by atoms with van der Waals surface area (Å²) in [5.41, 5.74) is -0.206. The van der Waals surface area contributed by atoms with Crippen molar-refractivity contribution in [1.82, 2.24) is 14.8 Å². The van der Waals surface area contributed by atoms with Crippen LogP contribution in [0, 0.1) is 10.1 Å². The summed E-state index contributed by atoms with van der Waals surface area (Å²) in [5, 5.41) is 14.6. The first-order valence-electron chi connectivity index (χ1n) is 6.37. The van der Waals surface area contributed by atoms with Gasteiger partial charge in [-0.05, 0) is 19.9 Å². The molecule has 0 spiro atoms. The molecule has 0 atom stereocenters. The summed E-state index contributed by atoms with van der Waals surface area (Å²) in [6, 6.07) is 2.51. The van der Waals surface area contributed by atoms with E-state index in [9.17, 15) is 18.5 Å². The van der Waals surface area contributed by atoms with E-state index in [0.29, 0.717) is 0 Å². The molecule has 2 aromatic heterocycles. The Morgan fingerprint density at radius 1 is 1.32 bits per heavy atom. The SMILES string of the molecule is CC(C)n1cc(S(=O)(=O)N(C)c2ccc([N+](=O)[O-])cn2)cn1. The van der Waals surface area contributed by atoms with Crippen molar-refractivity contribution in [2.24, 2.45) is 0 Å². The van der Waals surface area contributed by atoms with Gasteiger partial charge in [0.05, 0.1) is 11.1 Å². The fourth-order valence-electron chi connectivity index (χ4n) is 1.69. The van der Waals surface area contributed by atoms with Crippen LogP contribution < -0.4 is 4.31 Å². The van der Waals surface area contributed by atoms with Crippen LogP contribution in [0.1, 0.15) is 19.9 Å². The summed E-state index contributed by atoms with van der Waals surface area (Å²) >= 11 is 0. The van der Waals surface area contributed by atoms with Crippen molar-refractivity contribution in [2.45, 2.75) is 24.8 Å². The molecule has 0 aliphatic heterocycles. The third-order valence-electron chi connectivity index (χ3n) is 3.03. The van der Waals surface area contributed by atoms with Gasteiger partial charge in [0.25, 0.3) is 15.7 Å². The van der Waals surface area contributed by atoms with Gasteiger partial charge in [0, 0.05) is 25.4 Å². The summed E-state index contributed by atoms with van der Waals surface area (Å²) in [7, 11) is -2.49. The molecular formula is C12H15N5O4S. The largest absolute Gasteiger partial charge is 0.287 e. The van der Waals surface area contributed by atoms with Crippen molar-refractivity contribution >= 4 is 21.5 Å². The van der Waals surface area contributed by atoms with Crippen molar-refractivity contribution < 1.29 is 13.3 Å². The second-order valence-electron chi connectivity index (χ2n) is 4.85. The van der Waals surface area contributed by atoms with Crippen LogP contribution in [-0.4, -0.2) is 35.2 Å². The number of hydrogen-bond acceptors (Lipinski definition) is 6. The Labute approximate surface area is 127 Å². The van der Waals surface area contributed by atoms with Crippen LogP contribution in [-0.2, 0) is 10.0 Å². The van der Waals surface area contributed by atoms with Crippen molar-refractivity contribution in [1.29, 1.82) is 0 Å². The monoisotopic (exact) mass is 325 g/mol. The minimum atomic E-state index is -3.82. The van der Waals surface area contributed by atoms with E-state index in [1.54, 1.807) is 0 Å². The van der Waals surface area contributed by atoms with Crippen LogP contribution in [0.4, 0.5) is 11.5 Å². The lowest BCUT2D eigenvalue weighted by Gasteiger charge is -2.16. The number of nitrogens with zero attached hydrogens (tertiary/aromatic N) is 5. The van der Waals surface area contributed by atoms with Crippen LogP contribution in [0.25, 0.3) is 0 Å². The van der Waals surface area contributed by atoms with E-state index in [1.807, 2.05) is 13.8 Å². The Morgan fingerprint density at radius 3 is 2.45 bits per heavy atom. The summed E-state index contributed by atoms with van der Waals surface area (Å²) < 4.78 is 27.5. The Hall–Kier alpha value is -2.49. The fourth-order valence-corrected chi connectivity index (χ4v) is 2.78. The molecule has 2 rings (SSSR count). The molecule has 10 heteroatoms. The second-order valence-corrected chi connectivity index (χ2v) is 6.82. The molecule has 2 heterocycles. The number of sulfonamides is 1. The molecule has 0 saturated carbocycles. The Balaban J connectivity index is 2.33. The summed E-state index contributed by atoms with van der Waals surface area (Å²) in [4.78, 5) is 13.8. The molecule has 0 bridgehead atoms. The molecule has 9 nitrogen and oxygen atoms in total. The van der Waals surface area contributed by atoms with Gasteiger partial charge in [0.1, 0.15) is 16.9 Å². The number of aromatic nitrogens is 3. The number of pyridine rings is 1. The van der Waals surface area contributed by atoms with Gasteiger partial charge in [-0.25, -0.2) is 13.4 Å². The van der Waals surface area contributed by atoms with Crippen LogP contribution in [0.2, 0.25) is 0 Å². The topological polar surface area (TPSA) is 111 Å². The van der Waals surface area contributed by atoms with Crippen LogP contribution in [0.3, 0.4) is 0 Å². The van der Waals surface area contributed by atoms with Crippen molar-refractivity contribution in [3.8, 4) is 0 Å². The van der Waals surface area contributed by atoms with E-state index in [2.05, 4.69) is 10.1 Å². The molecule has 0 unspecified atom stereocenters. The first kappa shape index (κ1) is 15.9. The Morgan fingerprint density at radius 2 is 2.00 bits per heavy atom. The molecular weight excluding hydrogens is 310 g/mol. The van der Waals surface area contributed by atoms with Gasteiger partial charge in [-0.3, -0.25) is 19.1 Å². The smallest absolute Gasteiger partial charge is 0.269 e. The molecule has 0 aliphatic rings. The van der Waals surface area contributed by atoms with E-state index in [4.69, 9.17) is 0 Å². The van der Waals surface area contributed by atoms with Gasteiger partial charge in [0.15, 0.2) is 0 Å². The average Bonchev–Trinajstić information content (AvgIpc) is 2.97. The van der Waals surface area contributed by atoms with Crippen molar-refractivity contribution in [3.05, 3.63) is 40.8 Å². The highest BCUT2D eigenvalue weighted by Crippen LogP contribution is 2.22. The average molecular weight is 325 g/mol. The highest BCUT2D eigenvalue weighted by molar-refractivity contribution is 7.92. The van der Waals surface area contributed by atoms with Crippen LogP contribution >= 0.6 is 0 Å². The summed E-state index contributed by atoms with van der Waals surface area (Å²) in [5.74, 6) is 0.0860. The number of nitro groups is 1. The first-order chi connectivity index (χ1) is 10.2. The number of rotatable bonds is 5. The molecule has 0 aliphatic carbocycles. The molecule has 0 N–H and O–H groups in total. The van der Waals surface area contributed by atoms with Crippen molar-refractivity contribution in [2.75, 3.05) is 11.4 Å². The normalized spacial score (nSPS) is 11.6. The third kappa shape index (κ3) is 2.91. The zero-order chi connectivity index (χ0) is 16.5. The van der Waals surface area contributed by atoms with E-state index in [1.165, 1.54) is 36.3 Å². The lowest BCUT2D eigenvalue weighted by Crippen LogP contribution is -2.27. The van der Waals surface area contributed by atoms with E-state index in [0.717, 1.165) is 10.5 Å². The van der Waals surface area contributed by atoms with Crippen LogP contribution in [0.15, 0.2) is 35.6 Å². The van der Waals surface area contributed by atoms with Gasteiger partial charge < -0.3 is 0 Å².